The average molecular weight is 420 g/mol. The van der Waals surface area contributed by atoms with Crippen LogP contribution in [0, 0.1) is 22.7 Å². The van der Waals surface area contributed by atoms with E-state index in [0.29, 0.717) is 16.7 Å². The molecule has 3 fully saturated rings. The zero-order valence-electron chi connectivity index (χ0n) is 20.5. The van der Waals surface area contributed by atoms with Gasteiger partial charge in [0, 0.05) is 19.5 Å². The fraction of sp³-hybridized carbons (Fsp3) is 0.962. The third-order valence-electron chi connectivity index (χ3n) is 8.62. The number of nitrogens with one attached hydrogen (secondary N) is 1. The zero-order valence-corrected chi connectivity index (χ0v) is 20.5. The van der Waals surface area contributed by atoms with Gasteiger partial charge in [-0.3, -0.25) is 4.79 Å². The Morgan fingerprint density at radius 3 is 2.00 bits per heavy atom. The van der Waals surface area contributed by atoms with Gasteiger partial charge in [0.15, 0.2) is 0 Å². The van der Waals surface area contributed by atoms with Crippen LogP contribution in [0.15, 0.2) is 0 Å². The Kier molecular flexibility index (Phi) is 8.66. The molecule has 0 aliphatic carbocycles. The molecule has 1 N–H and O–H groups in total. The van der Waals surface area contributed by atoms with Gasteiger partial charge < -0.3 is 15.1 Å². The van der Waals surface area contributed by atoms with Gasteiger partial charge in [-0.25, -0.2) is 0 Å². The molecule has 0 atom stereocenters. The fourth-order valence-corrected chi connectivity index (χ4v) is 6.76. The van der Waals surface area contributed by atoms with Crippen LogP contribution in [0.2, 0.25) is 0 Å². The van der Waals surface area contributed by atoms with Gasteiger partial charge >= 0.3 is 0 Å². The standard InChI is InChI=1S/C26H49N3O/c1-25(2,22-10-14-27-15-11-22)21-26(3,4)23-12-19-28(20-13-23)16-8-9-24(30)29-17-6-5-7-18-29/h22-23,27H,5-21H2,1-4H3. The van der Waals surface area contributed by atoms with E-state index >= 15 is 0 Å². The van der Waals surface area contributed by atoms with Crippen LogP contribution in [0.4, 0.5) is 0 Å². The molecule has 1 amide bonds. The molecule has 3 aliphatic heterocycles. The molecular weight excluding hydrogens is 370 g/mol. The Balaban J connectivity index is 1.37. The van der Waals surface area contributed by atoms with E-state index in [1.54, 1.807) is 0 Å². The van der Waals surface area contributed by atoms with Gasteiger partial charge in [-0.1, -0.05) is 27.7 Å². The van der Waals surface area contributed by atoms with E-state index in [1.165, 1.54) is 77.5 Å². The van der Waals surface area contributed by atoms with E-state index in [0.717, 1.165) is 44.3 Å². The van der Waals surface area contributed by atoms with E-state index in [4.69, 9.17) is 0 Å². The van der Waals surface area contributed by atoms with E-state index in [9.17, 15) is 4.79 Å². The van der Waals surface area contributed by atoms with Crippen molar-refractivity contribution in [2.75, 3.05) is 45.8 Å². The van der Waals surface area contributed by atoms with Crippen molar-refractivity contribution >= 4 is 5.91 Å². The number of hydrogen-bond donors (Lipinski definition) is 1. The number of hydrogen-bond acceptors (Lipinski definition) is 3. The van der Waals surface area contributed by atoms with Gasteiger partial charge in [-0.2, -0.15) is 0 Å². The van der Waals surface area contributed by atoms with Crippen molar-refractivity contribution in [2.24, 2.45) is 22.7 Å². The van der Waals surface area contributed by atoms with Crippen LogP contribution in [-0.4, -0.2) is 61.5 Å². The molecule has 4 nitrogen and oxygen atoms in total. The molecule has 0 aromatic rings. The molecule has 0 unspecified atom stereocenters. The first-order valence-electron chi connectivity index (χ1n) is 13.0. The summed E-state index contributed by atoms with van der Waals surface area (Å²) in [5.74, 6) is 2.10. The average Bonchev–Trinajstić information content (AvgIpc) is 2.74. The highest BCUT2D eigenvalue weighted by atomic mass is 16.2. The molecule has 0 saturated carbocycles. The summed E-state index contributed by atoms with van der Waals surface area (Å²) in [6.07, 6.45) is 12.2. The quantitative estimate of drug-likeness (QED) is 0.606. The summed E-state index contributed by atoms with van der Waals surface area (Å²) in [5, 5.41) is 3.53. The predicted octanol–water partition coefficient (Wildman–Crippen LogP) is 4.93. The SMILES string of the molecule is CC(C)(CC(C)(C)C1CCN(CCCC(=O)N2CCCCC2)CC1)C1CCNCC1. The lowest BCUT2D eigenvalue weighted by Crippen LogP contribution is -2.43. The smallest absolute Gasteiger partial charge is 0.222 e. The van der Waals surface area contributed by atoms with Crippen molar-refractivity contribution in [3.63, 3.8) is 0 Å². The first kappa shape index (κ1) is 24.0. The van der Waals surface area contributed by atoms with Crippen molar-refractivity contribution in [3.05, 3.63) is 0 Å². The monoisotopic (exact) mass is 419 g/mol. The minimum atomic E-state index is 0.394. The van der Waals surface area contributed by atoms with Crippen molar-refractivity contribution in [3.8, 4) is 0 Å². The van der Waals surface area contributed by atoms with Crippen molar-refractivity contribution in [1.82, 2.24) is 15.1 Å². The maximum atomic E-state index is 12.4. The molecule has 0 aromatic carbocycles. The number of nitrogens with zero attached hydrogens (tertiary/aromatic N) is 2. The Morgan fingerprint density at radius 2 is 1.40 bits per heavy atom. The maximum absolute atomic E-state index is 12.4. The summed E-state index contributed by atoms with van der Waals surface area (Å²) in [6.45, 7) is 18.1. The number of rotatable bonds is 8. The fourth-order valence-electron chi connectivity index (χ4n) is 6.76. The number of likely N-dealkylation sites (tertiary alicyclic amines) is 2. The lowest BCUT2D eigenvalue weighted by molar-refractivity contribution is -0.132. The number of piperidine rings is 3. The Labute approximate surface area is 186 Å². The van der Waals surface area contributed by atoms with Gasteiger partial charge in [0.2, 0.25) is 5.91 Å². The normalized spacial score (nSPS) is 23.7. The third kappa shape index (κ3) is 6.69. The maximum Gasteiger partial charge on any atom is 0.222 e. The second kappa shape index (κ2) is 10.8. The van der Waals surface area contributed by atoms with Gasteiger partial charge in [0.25, 0.3) is 0 Å². The third-order valence-corrected chi connectivity index (χ3v) is 8.62. The minimum absolute atomic E-state index is 0.394. The summed E-state index contributed by atoms with van der Waals surface area (Å²) in [4.78, 5) is 17.1. The van der Waals surface area contributed by atoms with Gasteiger partial charge in [-0.15, -0.1) is 0 Å². The van der Waals surface area contributed by atoms with Crippen LogP contribution in [0.25, 0.3) is 0 Å². The molecule has 0 bridgehead atoms. The highest BCUT2D eigenvalue weighted by Gasteiger charge is 2.40. The van der Waals surface area contributed by atoms with E-state index in [2.05, 4.69) is 42.8 Å². The van der Waals surface area contributed by atoms with Crippen LogP contribution < -0.4 is 5.32 Å². The van der Waals surface area contributed by atoms with Crippen LogP contribution >= 0.6 is 0 Å². The lowest BCUT2D eigenvalue weighted by atomic mass is 9.61. The van der Waals surface area contributed by atoms with E-state index in [1.807, 2.05) is 0 Å². The van der Waals surface area contributed by atoms with Crippen LogP contribution in [-0.2, 0) is 4.79 Å². The Hall–Kier alpha value is -0.610. The van der Waals surface area contributed by atoms with Crippen molar-refractivity contribution in [1.29, 1.82) is 0 Å². The van der Waals surface area contributed by atoms with E-state index in [-0.39, 0.29) is 0 Å². The molecule has 3 rings (SSSR count). The first-order chi connectivity index (χ1) is 14.3. The summed E-state index contributed by atoms with van der Waals surface area (Å²) in [6, 6.07) is 0. The Bertz CT molecular complexity index is 524. The largest absolute Gasteiger partial charge is 0.343 e. The van der Waals surface area contributed by atoms with Gasteiger partial charge in [-0.05, 0) is 113 Å². The lowest BCUT2D eigenvalue weighted by Gasteiger charge is -2.47. The molecule has 174 valence electrons. The molecule has 30 heavy (non-hydrogen) atoms. The topological polar surface area (TPSA) is 35.6 Å². The molecule has 3 saturated heterocycles. The van der Waals surface area contributed by atoms with Crippen molar-refractivity contribution < 1.29 is 4.79 Å². The summed E-state index contributed by atoms with van der Waals surface area (Å²) in [5.41, 5.74) is 0.863. The molecule has 0 spiro atoms. The molecular formula is C26H49N3O. The molecule has 3 aliphatic rings. The molecule has 3 heterocycles. The molecule has 4 heteroatoms. The van der Waals surface area contributed by atoms with Crippen LogP contribution in [0.1, 0.15) is 91.9 Å². The second-order valence-electron chi connectivity index (χ2n) is 11.8. The highest BCUT2D eigenvalue weighted by molar-refractivity contribution is 5.76. The second-order valence-corrected chi connectivity index (χ2v) is 11.8. The number of carbonyl (C=O) groups is 1. The van der Waals surface area contributed by atoms with E-state index < -0.39 is 0 Å². The number of amides is 1. The van der Waals surface area contributed by atoms with Gasteiger partial charge in [0.05, 0.1) is 0 Å². The zero-order chi connectivity index (χ0) is 21.6. The van der Waals surface area contributed by atoms with Crippen LogP contribution in [0.3, 0.4) is 0 Å². The summed E-state index contributed by atoms with van der Waals surface area (Å²) < 4.78 is 0. The summed E-state index contributed by atoms with van der Waals surface area (Å²) >= 11 is 0. The number of carbonyl (C=O) groups excluding carboxylic acids is 1. The van der Waals surface area contributed by atoms with Crippen LogP contribution in [0.5, 0.6) is 0 Å². The first-order valence-corrected chi connectivity index (χ1v) is 13.0. The van der Waals surface area contributed by atoms with Gasteiger partial charge in [0.1, 0.15) is 0 Å². The molecule has 0 radical (unpaired) electrons. The van der Waals surface area contributed by atoms with Crippen molar-refractivity contribution in [2.45, 2.75) is 91.9 Å². The minimum Gasteiger partial charge on any atom is -0.343 e. The Morgan fingerprint density at radius 1 is 0.833 bits per heavy atom. The summed E-state index contributed by atoms with van der Waals surface area (Å²) in [7, 11) is 0. The molecule has 0 aromatic heterocycles. The highest BCUT2D eigenvalue weighted by Crippen LogP contribution is 2.48. The predicted molar refractivity (Wildman–Crippen MR) is 127 cm³/mol.